The van der Waals surface area contributed by atoms with Gasteiger partial charge in [-0.1, -0.05) is 37.3 Å². The maximum Gasteiger partial charge on any atom is 0.255 e. The predicted octanol–water partition coefficient (Wildman–Crippen LogP) is 4.17. The molecule has 0 bridgehead atoms. The molecule has 0 aliphatic rings. The number of hydrogen-bond donors (Lipinski definition) is 2. The molecule has 2 N–H and O–H groups in total. The highest BCUT2D eigenvalue weighted by Gasteiger charge is 2.17. The van der Waals surface area contributed by atoms with E-state index in [1.807, 2.05) is 56.3 Å². The van der Waals surface area contributed by atoms with Crippen molar-refractivity contribution < 1.29 is 13.2 Å². The Balaban J connectivity index is 1.75. The molecular weight excluding hydrogens is 360 g/mol. The lowest BCUT2D eigenvalue weighted by Gasteiger charge is -2.12. The third kappa shape index (κ3) is 4.53. The smallest absolute Gasteiger partial charge is 0.255 e. The third-order valence-corrected chi connectivity index (χ3v) is 6.01. The molecule has 3 rings (SSSR count). The monoisotopic (exact) mass is 382 g/mol. The van der Waals surface area contributed by atoms with Crippen molar-refractivity contribution >= 4 is 32.4 Å². The molecule has 27 heavy (non-hydrogen) atoms. The van der Waals surface area contributed by atoms with Crippen LogP contribution in [0.3, 0.4) is 0 Å². The molecule has 5 nitrogen and oxygen atoms in total. The number of fused-ring (bicyclic) bond motifs is 1. The summed E-state index contributed by atoms with van der Waals surface area (Å²) in [6.45, 7) is 3.72. The first kappa shape index (κ1) is 19.1. The van der Waals surface area contributed by atoms with Crippen LogP contribution in [0.4, 0.5) is 5.69 Å². The van der Waals surface area contributed by atoms with Crippen LogP contribution < -0.4 is 10.0 Å². The molecule has 0 fully saturated rings. The van der Waals surface area contributed by atoms with E-state index in [1.54, 1.807) is 0 Å². The number of amides is 1. The van der Waals surface area contributed by atoms with Gasteiger partial charge in [0.2, 0.25) is 10.0 Å². The van der Waals surface area contributed by atoms with Gasteiger partial charge in [0.1, 0.15) is 0 Å². The minimum atomic E-state index is -3.58. The highest BCUT2D eigenvalue weighted by molar-refractivity contribution is 7.89. The van der Waals surface area contributed by atoms with E-state index in [0.717, 1.165) is 10.8 Å². The molecule has 0 aliphatic heterocycles. The molecule has 0 saturated heterocycles. The minimum Gasteiger partial charge on any atom is -0.322 e. The molecule has 6 heteroatoms. The average Bonchev–Trinajstić information content (AvgIpc) is 2.67. The van der Waals surface area contributed by atoms with Crippen LogP contribution in [0.5, 0.6) is 0 Å². The molecule has 140 valence electrons. The quantitative estimate of drug-likeness (QED) is 0.672. The number of hydrogen-bond acceptors (Lipinski definition) is 3. The summed E-state index contributed by atoms with van der Waals surface area (Å²) >= 11 is 0. The number of benzene rings is 3. The molecule has 0 radical (unpaired) electrons. The zero-order chi connectivity index (χ0) is 19.4. The zero-order valence-corrected chi connectivity index (χ0v) is 16.1. The Morgan fingerprint density at radius 3 is 2.30 bits per heavy atom. The normalized spacial score (nSPS) is 12.7. The van der Waals surface area contributed by atoms with Crippen LogP contribution in [0.15, 0.2) is 71.6 Å². The van der Waals surface area contributed by atoms with Crippen molar-refractivity contribution in [2.75, 3.05) is 5.32 Å². The molecule has 1 atom stereocenters. The van der Waals surface area contributed by atoms with E-state index in [0.29, 0.717) is 17.7 Å². The standard InChI is InChI=1S/C21H22N2O3S/c1-3-15(2)23-27(25,26)20-12-9-17(10-13-20)21(24)22-19-11-8-16-6-4-5-7-18(16)14-19/h4-15,23H,3H2,1-2H3,(H,22,24)/t15-/m0/s1. The number of sulfonamides is 1. The molecule has 0 spiro atoms. The fraction of sp³-hybridized carbons (Fsp3) is 0.190. The van der Waals surface area contributed by atoms with E-state index < -0.39 is 10.0 Å². The van der Waals surface area contributed by atoms with Gasteiger partial charge < -0.3 is 5.32 Å². The molecule has 0 aromatic heterocycles. The van der Waals surface area contributed by atoms with E-state index in [9.17, 15) is 13.2 Å². The van der Waals surface area contributed by atoms with Gasteiger partial charge in [-0.2, -0.15) is 0 Å². The molecule has 3 aromatic rings. The zero-order valence-electron chi connectivity index (χ0n) is 15.3. The van der Waals surface area contributed by atoms with Crippen molar-refractivity contribution in [3.05, 3.63) is 72.3 Å². The number of anilines is 1. The second-order valence-corrected chi connectivity index (χ2v) is 8.18. The Morgan fingerprint density at radius 1 is 0.963 bits per heavy atom. The number of rotatable bonds is 6. The van der Waals surface area contributed by atoms with Crippen LogP contribution in [-0.2, 0) is 10.0 Å². The predicted molar refractivity (Wildman–Crippen MR) is 108 cm³/mol. The average molecular weight is 382 g/mol. The molecule has 3 aromatic carbocycles. The van der Waals surface area contributed by atoms with Crippen LogP contribution in [0.1, 0.15) is 30.6 Å². The summed E-state index contributed by atoms with van der Waals surface area (Å²) < 4.78 is 27.2. The summed E-state index contributed by atoms with van der Waals surface area (Å²) in [4.78, 5) is 12.6. The van der Waals surface area contributed by atoms with Gasteiger partial charge in [-0.15, -0.1) is 0 Å². The Bertz CT molecular complexity index is 1060. The maximum atomic E-state index is 12.5. The van der Waals surface area contributed by atoms with Crippen LogP contribution >= 0.6 is 0 Å². The van der Waals surface area contributed by atoms with Gasteiger partial charge in [-0.3, -0.25) is 4.79 Å². The summed E-state index contributed by atoms with van der Waals surface area (Å²) in [5, 5.41) is 4.98. The largest absolute Gasteiger partial charge is 0.322 e. The van der Waals surface area contributed by atoms with Crippen molar-refractivity contribution in [3.63, 3.8) is 0 Å². The van der Waals surface area contributed by atoms with Gasteiger partial charge in [-0.25, -0.2) is 13.1 Å². The van der Waals surface area contributed by atoms with Gasteiger partial charge in [0.05, 0.1) is 4.90 Å². The van der Waals surface area contributed by atoms with E-state index in [2.05, 4.69) is 10.0 Å². The minimum absolute atomic E-state index is 0.144. The number of nitrogens with one attached hydrogen (secondary N) is 2. The highest BCUT2D eigenvalue weighted by atomic mass is 32.2. The van der Waals surface area contributed by atoms with Crippen LogP contribution in [0.2, 0.25) is 0 Å². The molecule has 0 saturated carbocycles. The molecule has 1 amide bonds. The maximum absolute atomic E-state index is 12.5. The summed E-state index contributed by atoms with van der Waals surface area (Å²) in [5.41, 5.74) is 1.08. The second kappa shape index (κ2) is 7.90. The second-order valence-electron chi connectivity index (χ2n) is 6.47. The molecular formula is C21H22N2O3S. The SMILES string of the molecule is CC[C@H](C)NS(=O)(=O)c1ccc(C(=O)Nc2ccc3ccccc3c2)cc1. The summed E-state index contributed by atoms with van der Waals surface area (Å²) in [5.74, 6) is -0.288. The van der Waals surface area contributed by atoms with E-state index in [4.69, 9.17) is 0 Å². The first-order valence-corrected chi connectivity index (χ1v) is 10.3. The highest BCUT2D eigenvalue weighted by Crippen LogP contribution is 2.20. The fourth-order valence-electron chi connectivity index (χ4n) is 2.67. The van der Waals surface area contributed by atoms with Crippen molar-refractivity contribution in [2.45, 2.75) is 31.2 Å². The summed E-state index contributed by atoms with van der Waals surface area (Å²) in [6.07, 6.45) is 0.700. The third-order valence-electron chi connectivity index (χ3n) is 4.40. The lowest BCUT2D eigenvalue weighted by molar-refractivity contribution is 0.102. The van der Waals surface area contributed by atoms with Crippen molar-refractivity contribution in [1.82, 2.24) is 4.72 Å². The van der Waals surface area contributed by atoms with E-state index in [-0.39, 0.29) is 16.8 Å². The first-order valence-electron chi connectivity index (χ1n) is 8.81. The van der Waals surface area contributed by atoms with E-state index in [1.165, 1.54) is 24.3 Å². The Labute approximate surface area is 159 Å². The van der Waals surface area contributed by atoms with Gasteiger partial charge in [-0.05, 0) is 60.5 Å². The van der Waals surface area contributed by atoms with Crippen molar-refractivity contribution in [2.24, 2.45) is 0 Å². The molecule has 0 aliphatic carbocycles. The van der Waals surface area contributed by atoms with Crippen molar-refractivity contribution in [1.29, 1.82) is 0 Å². The van der Waals surface area contributed by atoms with Gasteiger partial charge >= 0.3 is 0 Å². The Hall–Kier alpha value is -2.70. The van der Waals surface area contributed by atoms with Gasteiger partial charge in [0, 0.05) is 17.3 Å². The fourth-order valence-corrected chi connectivity index (χ4v) is 4.00. The summed E-state index contributed by atoms with van der Waals surface area (Å²) in [7, 11) is -3.58. The lowest BCUT2D eigenvalue weighted by atomic mass is 10.1. The van der Waals surface area contributed by atoms with Gasteiger partial charge in [0.15, 0.2) is 0 Å². The Morgan fingerprint density at radius 2 is 1.63 bits per heavy atom. The number of carbonyl (C=O) groups is 1. The molecule has 0 heterocycles. The molecule has 0 unspecified atom stereocenters. The topological polar surface area (TPSA) is 75.3 Å². The summed E-state index contributed by atoms with van der Waals surface area (Å²) in [6, 6.07) is 19.4. The van der Waals surface area contributed by atoms with Crippen molar-refractivity contribution in [3.8, 4) is 0 Å². The van der Waals surface area contributed by atoms with E-state index >= 15 is 0 Å². The first-order chi connectivity index (χ1) is 12.9. The van der Waals surface area contributed by atoms with Crippen LogP contribution in [0.25, 0.3) is 10.8 Å². The number of carbonyl (C=O) groups excluding carboxylic acids is 1. The van der Waals surface area contributed by atoms with Gasteiger partial charge in [0.25, 0.3) is 5.91 Å². The lowest BCUT2D eigenvalue weighted by Crippen LogP contribution is -2.32. The Kier molecular flexibility index (Phi) is 5.58. The van der Waals surface area contributed by atoms with Crippen LogP contribution in [-0.4, -0.2) is 20.4 Å². The van der Waals surface area contributed by atoms with Crippen LogP contribution in [0, 0.1) is 0 Å².